The van der Waals surface area contributed by atoms with Gasteiger partial charge >= 0.3 is 0 Å². The molecule has 1 aliphatic heterocycles. The van der Waals surface area contributed by atoms with Gasteiger partial charge < -0.3 is 15.1 Å². The predicted octanol–water partition coefficient (Wildman–Crippen LogP) is 3.00. The van der Waals surface area contributed by atoms with Crippen molar-refractivity contribution >= 4 is 23.5 Å². The Hall–Kier alpha value is -2.64. The molecule has 0 spiro atoms. The summed E-state index contributed by atoms with van der Waals surface area (Å²) in [4.78, 5) is 26.2. The van der Waals surface area contributed by atoms with E-state index in [1.807, 2.05) is 20.2 Å². The molecule has 8 heteroatoms. The summed E-state index contributed by atoms with van der Waals surface area (Å²) in [7, 11) is 3.62. The van der Waals surface area contributed by atoms with Gasteiger partial charge in [-0.1, -0.05) is 13.8 Å². The molecular formula is C21H31N7O. The molecule has 0 radical (unpaired) electrons. The summed E-state index contributed by atoms with van der Waals surface area (Å²) >= 11 is 0. The first-order valence-corrected chi connectivity index (χ1v) is 10.6. The molecule has 29 heavy (non-hydrogen) atoms. The van der Waals surface area contributed by atoms with E-state index >= 15 is 0 Å². The number of carbonyl (C=O) groups is 1. The fraction of sp³-hybridized carbons (Fsp3) is 0.619. The number of nitrogens with zero attached hydrogens (tertiary/aromatic N) is 5. The second kappa shape index (κ2) is 8.00. The van der Waals surface area contributed by atoms with Crippen molar-refractivity contribution in [3.8, 4) is 0 Å². The lowest BCUT2D eigenvalue weighted by Gasteiger charge is -2.28. The number of hydrogen-bond acceptors (Lipinski definition) is 6. The van der Waals surface area contributed by atoms with Gasteiger partial charge in [-0.15, -0.1) is 0 Å². The maximum absolute atomic E-state index is 12.7. The minimum Gasteiger partial charge on any atom is -0.347 e. The van der Waals surface area contributed by atoms with Gasteiger partial charge in [0.2, 0.25) is 11.9 Å². The molecule has 1 amide bonds. The van der Waals surface area contributed by atoms with Crippen molar-refractivity contribution in [1.29, 1.82) is 0 Å². The van der Waals surface area contributed by atoms with E-state index < -0.39 is 0 Å². The van der Waals surface area contributed by atoms with E-state index in [1.165, 1.54) is 5.56 Å². The third-order valence-electron chi connectivity index (χ3n) is 5.87. The molecule has 2 aromatic heterocycles. The zero-order valence-electron chi connectivity index (χ0n) is 17.8. The number of likely N-dealkylation sites (N-methyl/N-ethyl adjacent to an activating group) is 1. The molecule has 4 rings (SSSR count). The number of H-pyrrole nitrogens is 1. The lowest BCUT2D eigenvalue weighted by atomic mass is 9.96. The Morgan fingerprint density at radius 2 is 2.03 bits per heavy atom. The molecular weight excluding hydrogens is 366 g/mol. The van der Waals surface area contributed by atoms with Crippen LogP contribution in [0.2, 0.25) is 0 Å². The van der Waals surface area contributed by atoms with E-state index in [0.717, 1.165) is 68.1 Å². The van der Waals surface area contributed by atoms with Crippen LogP contribution in [0.15, 0.2) is 6.07 Å². The van der Waals surface area contributed by atoms with Gasteiger partial charge in [0.15, 0.2) is 5.82 Å². The molecule has 2 N–H and O–H groups in total. The van der Waals surface area contributed by atoms with Crippen molar-refractivity contribution in [3.05, 3.63) is 23.0 Å². The number of hydrogen-bond donors (Lipinski definition) is 2. The van der Waals surface area contributed by atoms with Gasteiger partial charge in [-0.25, -0.2) is 4.98 Å². The van der Waals surface area contributed by atoms with E-state index in [4.69, 9.17) is 9.97 Å². The zero-order valence-corrected chi connectivity index (χ0v) is 17.8. The summed E-state index contributed by atoms with van der Waals surface area (Å²) in [5.74, 6) is 2.76. The molecule has 156 valence electrons. The fourth-order valence-corrected chi connectivity index (χ4v) is 4.19. The van der Waals surface area contributed by atoms with Crippen LogP contribution >= 0.6 is 0 Å². The van der Waals surface area contributed by atoms with Gasteiger partial charge in [0.05, 0.1) is 5.69 Å². The SMILES string of the molecule is CC(C)c1cc(Nc2nc(N3CCC[C@H]3C(=O)N(C)C)nc3c2CCCC3)n[nH]1. The van der Waals surface area contributed by atoms with Crippen molar-refractivity contribution in [1.82, 2.24) is 25.1 Å². The number of aryl methyl sites for hydroxylation is 1. The highest BCUT2D eigenvalue weighted by atomic mass is 16.2. The third-order valence-corrected chi connectivity index (χ3v) is 5.87. The lowest BCUT2D eigenvalue weighted by molar-refractivity contribution is -0.129. The van der Waals surface area contributed by atoms with Crippen molar-refractivity contribution < 1.29 is 4.79 Å². The van der Waals surface area contributed by atoms with Crippen LogP contribution in [0.25, 0.3) is 0 Å². The summed E-state index contributed by atoms with van der Waals surface area (Å²) in [5.41, 5.74) is 3.38. The quantitative estimate of drug-likeness (QED) is 0.806. The Balaban J connectivity index is 1.68. The number of fused-ring (bicyclic) bond motifs is 1. The second-order valence-corrected chi connectivity index (χ2v) is 8.58. The molecule has 1 saturated heterocycles. The topological polar surface area (TPSA) is 90.0 Å². The molecule has 1 atom stereocenters. The van der Waals surface area contributed by atoms with Gasteiger partial charge in [0.25, 0.3) is 0 Å². The smallest absolute Gasteiger partial charge is 0.244 e. The third kappa shape index (κ3) is 3.93. The van der Waals surface area contributed by atoms with Crippen LogP contribution in [-0.2, 0) is 17.6 Å². The van der Waals surface area contributed by atoms with Crippen LogP contribution in [0.5, 0.6) is 0 Å². The van der Waals surface area contributed by atoms with Crippen LogP contribution < -0.4 is 10.2 Å². The minimum absolute atomic E-state index is 0.118. The Labute approximate surface area is 172 Å². The monoisotopic (exact) mass is 397 g/mol. The van der Waals surface area contributed by atoms with Crippen LogP contribution in [0.3, 0.4) is 0 Å². The Morgan fingerprint density at radius 1 is 1.24 bits per heavy atom. The number of rotatable bonds is 5. The molecule has 1 fully saturated rings. The van der Waals surface area contributed by atoms with Gasteiger partial charge in [-0.3, -0.25) is 9.89 Å². The Morgan fingerprint density at radius 3 is 2.76 bits per heavy atom. The maximum Gasteiger partial charge on any atom is 0.244 e. The highest BCUT2D eigenvalue weighted by molar-refractivity contribution is 5.85. The second-order valence-electron chi connectivity index (χ2n) is 8.58. The summed E-state index contributed by atoms with van der Waals surface area (Å²) in [6, 6.07) is 1.85. The molecule has 0 unspecified atom stereocenters. The number of carbonyl (C=O) groups excluding carboxylic acids is 1. The Kier molecular flexibility index (Phi) is 5.43. The predicted molar refractivity (Wildman–Crippen MR) is 114 cm³/mol. The summed E-state index contributed by atoms with van der Waals surface area (Å²) in [5, 5.41) is 10.9. The molecule has 1 aliphatic carbocycles. The van der Waals surface area contributed by atoms with Crippen LogP contribution in [0.1, 0.15) is 62.4 Å². The molecule has 2 aromatic rings. The summed E-state index contributed by atoms with van der Waals surface area (Å²) < 4.78 is 0. The van der Waals surface area contributed by atoms with Crippen molar-refractivity contribution in [2.45, 2.75) is 64.3 Å². The highest BCUT2D eigenvalue weighted by Crippen LogP contribution is 2.32. The van der Waals surface area contributed by atoms with Crippen molar-refractivity contribution in [2.24, 2.45) is 0 Å². The first-order valence-electron chi connectivity index (χ1n) is 10.6. The zero-order chi connectivity index (χ0) is 20.5. The first kappa shape index (κ1) is 19.7. The molecule has 2 aliphatic rings. The molecule has 0 bridgehead atoms. The van der Waals surface area contributed by atoms with Gasteiger partial charge in [0.1, 0.15) is 11.9 Å². The van der Waals surface area contributed by atoms with E-state index in [2.05, 4.69) is 34.3 Å². The Bertz CT molecular complexity index is 889. The first-order chi connectivity index (χ1) is 13.9. The van der Waals surface area contributed by atoms with E-state index in [1.54, 1.807) is 4.90 Å². The number of anilines is 3. The standard InChI is InChI=1S/C21H31N7O/c1-13(2)16-12-18(26-25-16)23-19-14-8-5-6-9-15(14)22-21(24-19)28-11-7-10-17(28)20(29)27(3)4/h12-13,17H,5-11H2,1-4H3,(H2,22,23,24,25,26)/t17-/m0/s1. The van der Waals surface area contributed by atoms with Crippen molar-refractivity contribution in [2.75, 3.05) is 30.9 Å². The van der Waals surface area contributed by atoms with Crippen LogP contribution in [0, 0.1) is 0 Å². The highest BCUT2D eigenvalue weighted by Gasteiger charge is 2.34. The largest absolute Gasteiger partial charge is 0.347 e. The summed E-state index contributed by atoms with van der Waals surface area (Å²) in [6.45, 7) is 5.08. The maximum atomic E-state index is 12.7. The van der Waals surface area contributed by atoms with E-state index in [-0.39, 0.29) is 11.9 Å². The number of aromatic nitrogens is 4. The lowest BCUT2D eigenvalue weighted by Crippen LogP contribution is -2.43. The summed E-state index contributed by atoms with van der Waals surface area (Å²) in [6.07, 6.45) is 6.04. The minimum atomic E-state index is -0.183. The average Bonchev–Trinajstić information content (AvgIpc) is 3.37. The number of aromatic amines is 1. The number of amides is 1. The number of nitrogens with one attached hydrogen (secondary N) is 2. The van der Waals surface area contributed by atoms with Crippen LogP contribution in [-0.4, -0.2) is 57.7 Å². The van der Waals surface area contributed by atoms with Gasteiger partial charge in [0, 0.05) is 38.0 Å². The van der Waals surface area contributed by atoms with E-state index in [9.17, 15) is 4.79 Å². The van der Waals surface area contributed by atoms with Crippen molar-refractivity contribution in [3.63, 3.8) is 0 Å². The molecule has 0 aromatic carbocycles. The normalized spacial score (nSPS) is 18.8. The molecule has 8 nitrogen and oxygen atoms in total. The fourth-order valence-electron chi connectivity index (χ4n) is 4.19. The molecule has 3 heterocycles. The average molecular weight is 398 g/mol. The van der Waals surface area contributed by atoms with Gasteiger partial charge in [-0.05, 0) is 44.4 Å². The van der Waals surface area contributed by atoms with E-state index in [0.29, 0.717) is 11.9 Å². The van der Waals surface area contributed by atoms with Gasteiger partial charge in [-0.2, -0.15) is 10.1 Å². The van der Waals surface area contributed by atoms with Crippen LogP contribution in [0.4, 0.5) is 17.6 Å². The molecule has 0 saturated carbocycles.